The van der Waals surface area contributed by atoms with Crippen LogP contribution in [0.2, 0.25) is 0 Å². The second-order valence-corrected chi connectivity index (χ2v) is 3.28. The lowest BCUT2D eigenvalue weighted by Gasteiger charge is -2.13. The lowest BCUT2D eigenvalue weighted by molar-refractivity contribution is -0.164. The Morgan fingerprint density at radius 3 is 2.43 bits per heavy atom. The molecule has 0 aliphatic heterocycles. The number of carbonyl (C=O) groups is 1. The smallest absolute Gasteiger partial charge is 0.335 e. The second kappa shape index (κ2) is 6.56. The van der Waals surface area contributed by atoms with E-state index in [0.29, 0.717) is 12.8 Å². The molecule has 0 aliphatic carbocycles. The van der Waals surface area contributed by atoms with E-state index in [0.717, 1.165) is 0 Å². The molecule has 0 aromatic rings. The summed E-state index contributed by atoms with van der Waals surface area (Å²) in [7, 11) is 0. The Balaban J connectivity index is 3.70. The number of hydrogen-bond donors (Lipinski definition) is 2. The van der Waals surface area contributed by atoms with Crippen LogP contribution in [0.15, 0.2) is 12.2 Å². The molecule has 14 heavy (non-hydrogen) atoms. The first-order valence-electron chi connectivity index (χ1n) is 4.70. The van der Waals surface area contributed by atoms with Crippen molar-refractivity contribution >= 4 is 5.97 Å². The van der Waals surface area contributed by atoms with E-state index >= 15 is 0 Å². The predicted octanol–water partition coefficient (Wildman–Crippen LogP) is 0.975. The highest BCUT2D eigenvalue weighted by Crippen LogP contribution is 2.07. The molecular weight excluding hydrogens is 184 g/mol. The molecule has 0 radical (unpaired) electrons. The first-order chi connectivity index (χ1) is 6.47. The number of esters is 1. The molecule has 0 aliphatic rings. The van der Waals surface area contributed by atoms with Gasteiger partial charge in [-0.3, -0.25) is 0 Å². The van der Waals surface area contributed by atoms with Crippen LogP contribution in [0.1, 0.15) is 33.1 Å². The minimum atomic E-state index is -1.15. The van der Waals surface area contributed by atoms with E-state index in [1.807, 2.05) is 6.92 Å². The Morgan fingerprint density at radius 1 is 1.43 bits per heavy atom. The summed E-state index contributed by atoms with van der Waals surface area (Å²) in [4.78, 5) is 10.9. The van der Waals surface area contributed by atoms with E-state index in [9.17, 15) is 15.0 Å². The van der Waals surface area contributed by atoms with Crippen LogP contribution in [0.3, 0.4) is 0 Å². The Morgan fingerprint density at radius 2 is 2.00 bits per heavy atom. The van der Waals surface area contributed by atoms with Crippen LogP contribution in [0.5, 0.6) is 0 Å². The minimum absolute atomic E-state index is 0.244. The van der Waals surface area contributed by atoms with Crippen LogP contribution in [0.25, 0.3) is 0 Å². The van der Waals surface area contributed by atoms with Crippen molar-refractivity contribution in [2.24, 2.45) is 0 Å². The molecule has 0 fully saturated rings. The zero-order valence-electron chi connectivity index (χ0n) is 8.69. The van der Waals surface area contributed by atoms with Crippen LogP contribution in [-0.4, -0.2) is 28.6 Å². The predicted molar refractivity (Wildman–Crippen MR) is 52.4 cm³/mol. The average Bonchev–Trinajstić information content (AvgIpc) is 2.13. The van der Waals surface area contributed by atoms with E-state index in [4.69, 9.17) is 0 Å². The second-order valence-electron chi connectivity index (χ2n) is 3.28. The van der Waals surface area contributed by atoms with E-state index in [-0.39, 0.29) is 12.0 Å². The van der Waals surface area contributed by atoms with Crippen LogP contribution in [-0.2, 0) is 9.53 Å². The van der Waals surface area contributed by atoms with Gasteiger partial charge in [0, 0.05) is 12.0 Å². The molecule has 0 rings (SSSR count). The molecule has 2 atom stereocenters. The largest absolute Gasteiger partial charge is 0.433 e. The SMILES string of the molecule is C=C(C)C(=O)OC(O)CCC(O)CC. The van der Waals surface area contributed by atoms with Gasteiger partial charge in [0.2, 0.25) is 6.29 Å². The Bertz CT molecular complexity index is 200. The molecule has 0 saturated heterocycles. The Hall–Kier alpha value is -0.870. The van der Waals surface area contributed by atoms with Crippen molar-refractivity contribution in [3.8, 4) is 0 Å². The molecule has 0 saturated carbocycles. The van der Waals surface area contributed by atoms with Crippen molar-refractivity contribution in [1.82, 2.24) is 0 Å². The lowest BCUT2D eigenvalue weighted by atomic mass is 10.1. The Labute approximate surface area is 84.2 Å². The number of rotatable bonds is 6. The molecule has 4 heteroatoms. The molecule has 0 spiro atoms. The first kappa shape index (κ1) is 13.1. The summed E-state index contributed by atoms with van der Waals surface area (Å²) in [6.45, 7) is 6.74. The summed E-state index contributed by atoms with van der Waals surface area (Å²) in [5, 5.41) is 18.4. The summed E-state index contributed by atoms with van der Waals surface area (Å²) in [6.07, 6.45) is -0.315. The maximum absolute atomic E-state index is 10.9. The van der Waals surface area contributed by atoms with Gasteiger partial charge in [-0.15, -0.1) is 0 Å². The third-order valence-corrected chi connectivity index (χ3v) is 1.81. The summed E-state index contributed by atoms with van der Waals surface area (Å²) in [5.74, 6) is -0.608. The number of aliphatic hydroxyl groups excluding tert-OH is 2. The highest BCUT2D eigenvalue weighted by molar-refractivity contribution is 5.86. The highest BCUT2D eigenvalue weighted by atomic mass is 16.6. The van der Waals surface area contributed by atoms with E-state index < -0.39 is 18.4 Å². The standard InChI is InChI=1S/C10H18O4/c1-4-8(11)5-6-9(12)14-10(13)7(2)3/h8-9,11-12H,2,4-6H2,1,3H3. The normalized spacial score (nSPS) is 14.6. The van der Waals surface area contributed by atoms with Gasteiger partial charge >= 0.3 is 5.97 Å². The van der Waals surface area contributed by atoms with Crippen molar-refractivity contribution in [1.29, 1.82) is 0 Å². The topological polar surface area (TPSA) is 66.8 Å². The molecule has 0 bridgehead atoms. The molecule has 2 N–H and O–H groups in total. The fourth-order valence-electron chi connectivity index (χ4n) is 0.822. The summed E-state index contributed by atoms with van der Waals surface area (Å²) in [6, 6.07) is 0. The van der Waals surface area contributed by atoms with Gasteiger partial charge in [-0.1, -0.05) is 13.5 Å². The summed E-state index contributed by atoms with van der Waals surface area (Å²) < 4.78 is 4.61. The van der Waals surface area contributed by atoms with Gasteiger partial charge < -0.3 is 14.9 Å². The molecular formula is C10H18O4. The van der Waals surface area contributed by atoms with Crippen molar-refractivity contribution in [3.63, 3.8) is 0 Å². The zero-order valence-corrected chi connectivity index (χ0v) is 8.69. The number of ether oxygens (including phenoxy) is 1. The van der Waals surface area contributed by atoms with Crippen molar-refractivity contribution < 1.29 is 19.7 Å². The number of hydrogen-bond acceptors (Lipinski definition) is 4. The van der Waals surface area contributed by atoms with Crippen molar-refractivity contribution in [3.05, 3.63) is 12.2 Å². The summed E-state index contributed by atoms with van der Waals surface area (Å²) in [5.41, 5.74) is 0.250. The van der Waals surface area contributed by atoms with E-state index in [2.05, 4.69) is 11.3 Å². The zero-order chi connectivity index (χ0) is 11.1. The van der Waals surface area contributed by atoms with Crippen LogP contribution < -0.4 is 0 Å². The Kier molecular flexibility index (Phi) is 6.16. The minimum Gasteiger partial charge on any atom is -0.433 e. The maximum Gasteiger partial charge on any atom is 0.335 e. The van der Waals surface area contributed by atoms with Crippen LogP contribution in [0, 0.1) is 0 Å². The van der Waals surface area contributed by atoms with Crippen LogP contribution in [0.4, 0.5) is 0 Å². The third kappa shape index (κ3) is 5.72. The van der Waals surface area contributed by atoms with Gasteiger partial charge in [0.15, 0.2) is 0 Å². The molecule has 82 valence electrons. The van der Waals surface area contributed by atoms with Crippen LogP contribution >= 0.6 is 0 Å². The van der Waals surface area contributed by atoms with E-state index in [1.165, 1.54) is 6.92 Å². The molecule has 0 aromatic carbocycles. The molecule has 0 aromatic heterocycles. The molecule has 2 unspecified atom stereocenters. The fourth-order valence-corrected chi connectivity index (χ4v) is 0.822. The quantitative estimate of drug-likeness (QED) is 0.382. The third-order valence-electron chi connectivity index (χ3n) is 1.81. The fraction of sp³-hybridized carbons (Fsp3) is 0.700. The van der Waals surface area contributed by atoms with Crippen molar-refractivity contribution in [2.75, 3.05) is 0 Å². The van der Waals surface area contributed by atoms with Gasteiger partial charge in [0.25, 0.3) is 0 Å². The lowest BCUT2D eigenvalue weighted by Crippen LogP contribution is -2.20. The van der Waals surface area contributed by atoms with Gasteiger partial charge in [0.05, 0.1) is 6.10 Å². The molecule has 4 nitrogen and oxygen atoms in total. The van der Waals surface area contributed by atoms with Gasteiger partial charge in [-0.25, -0.2) is 4.79 Å². The van der Waals surface area contributed by atoms with E-state index in [1.54, 1.807) is 0 Å². The monoisotopic (exact) mass is 202 g/mol. The average molecular weight is 202 g/mol. The maximum atomic E-state index is 10.9. The number of carbonyl (C=O) groups excluding carboxylic acids is 1. The van der Waals surface area contributed by atoms with Gasteiger partial charge in [-0.2, -0.15) is 0 Å². The molecule has 0 amide bonds. The first-order valence-corrected chi connectivity index (χ1v) is 4.70. The summed E-state index contributed by atoms with van der Waals surface area (Å²) >= 11 is 0. The number of aliphatic hydroxyl groups is 2. The molecule has 0 heterocycles. The van der Waals surface area contributed by atoms with Crippen molar-refractivity contribution in [2.45, 2.75) is 45.5 Å². The highest BCUT2D eigenvalue weighted by Gasteiger charge is 2.12. The van der Waals surface area contributed by atoms with Gasteiger partial charge in [-0.05, 0) is 19.8 Å². The van der Waals surface area contributed by atoms with Gasteiger partial charge in [0.1, 0.15) is 0 Å².